The number of fused-ring (bicyclic) bond motifs is 1. The van der Waals surface area contributed by atoms with Crippen LogP contribution in [-0.2, 0) is 19.1 Å². The summed E-state index contributed by atoms with van der Waals surface area (Å²) in [6, 6.07) is 12.1. The predicted octanol–water partition coefficient (Wildman–Crippen LogP) is 2.25. The van der Waals surface area contributed by atoms with E-state index in [2.05, 4.69) is 10.6 Å². The number of ether oxygens (including phenoxy) is 2. The van der Waals surface area contributed by atoms with Crippen LogP contribution in [0.4, 0.5) is 17.1 Å². The van der Waals surface area contributed by atoms with Crippen molar-refractivity contribution in [3.8, 4) is 5.75 Å². The smallest absolute Gasteiger partial charge is 0.310 e. The molecule has 1 aliphatic heterocycles. The molecule has 150 valence electrons. The maximum absolute atomic E-state index is 12.2. The van der Waals surface area contributed by atoms with Gasteiger partial charge in [0.2, 0.25) is 0 Å². The molecule has 3 rings (SSSR count). The molecule has 0 spiro atoms. The quantitative estimate of drug-likeness (QED) is 0.432. The van der Waals surface area contributed by atoms with E-state index in [1.165, 1.54) is 31.2 Å². The molecule has 10 nitrogen and oxygen atoms in total. The van der Waals surface area contributed by atoms with Crippen molar-refractivity contribution in [3.63, 3.8) is 0 Å². The number of carbonyl (C=O) groups excluding carboxylic acids is 3. The van der Waals surface area contributed by atoms with Crippen LogP contribution in [0.2, 0.25) is 0 Å². The van der Waals surface area contributed by atoms with Crippen LogP contribution in [0.15, 0.2) is 48.5 Å². The number of nitro benzene ring substituents is 1. The summed E-state index contributed by atoms with van der Waals surface area (Å²) in [5, 5.41) is 15.9. The molecule has 10 heteroatoms. The van der Waals surface area contributed by atoms with Crippen LogP contribution in [0, 0.1) is 10.1 Å². The third kappa shape index (κ3) is 4.86. The van der Waals surface area contributed by atoms with Gasteiger partial charge in [-0.25, -0.2) is 0 Å². The second kappa shape index (κ2) is 8.38. The summed E-state index contributed by atoms with van der Waals surface area (Å²) in [5.74, 6) is -1.53. The molecule has 0 unspecified atom stereocenters. The molecule has 2 aromatic rings. The molecular formula is C19H17N3O7. The maximum atomic E-state index is 12.2. The Morgan fingerprint density at radius 2 is 2.03 bits per heavy atom. The Hall–Kier alpha value is -3.95. The topological polar surface area (TPSA) is 137 Å². The van der Waals surface area contributed by atoms with Gasteiger partial charge in [0.25, 0.3) is 17.5 Å². The van der Waals surface area contributed by atoms with Crippen molar-refractivity contribution in [1.29, 1.82) is 0 Å². The lowest BCUT2D eigenvalue weighted by Crippen LogP contribution is -2.40. The first kappa shape index (κ1) is 19.8. The first-order chi connectivity index (χ1) is 13.8. The normalized spacial score (nSPS) is 15.9. The van der Waals surface area contributed by atoms with E-state index in [1.807, 2.05) is 0 Å². The monoisotopic (exact) mass is 399 g/mol. The van der Waals surface area contributed by atoms with Gasteiger partial charge in [-0.15, -0.1) is 0 Å². The van der Waals surface area contributed by atoms with Gasteiger partial charge in [0, 0.05) is 17.8 Å². The largest absolute Gasteiger partial charge is 0.478 e. The van der Waals surface area contributed by atoms with Gasteiger partial charge >= 0.3 is 5.97 Å². The molecule has 0 bridgehead atoms. The summed E-state index contributed by atoms with van der Waals surface area (Å²) in [5.41, 5.74) is 0.513. The molecule has 0 aliphatic carbocycles. The van der Waals surface area contributed by atoms with Crippen molar-refractivity contribution in [2.75, 3.05) is 10.6 Å². The zero-order valence-electron chi connectivity index (χ0n) is 15.3. The summed E-state index contributed by atoms with van der Waals surface area (Å²) in [6.45, 7) is 1.35. The van der Waals surface area contributed by atoms with Gasteiger partial charge < -0.3 is 20.1 Å². The minimum Gasteiger partial charge on any atom is -0.478 e. The summed E-state index contributed by atoms with van der Waals surface area (Å²) < 4.78 is 10.6. The number of benzene rings is 2. The number of hydrogen-bond donors (Lipinski definition) is 2. The summed E-state index contributed by atoms with van der Waals surface area (Å²) >= 11 is 0. The number of para-hydroxylation sites is 2. The van der Waals surface area contributed by atoms with Crippen molar-refractivity contribution >= 4 is 34.8 Å². The number of anilines is 2. The number of rotatable bonds is 6. The molecule has 0 aromatic heterocycles. The fraction of sp³-hybridized carbons (Fsp3) is 0.211. The fourth-order valence-corrected chi connectivity index (χ4v) is 2.62. The van der Waals surface area contributed by atoms with E-state index >= 15 is 0 Å². The van der Waals surface area contributed by atoms with Crippen molar-refractivity contribution in [3.05, 3.63) is 58.6 Å². The van der Waals surface area contributed by atoms with Crippen LogP contribution in [0.25, 0.3) is 0 Å². The lowest BCUT2D eigenvalue weighted by atomic mass is 10.1. The first-order valence-corrected chi connectivity index (χ1v) is 8.65. The second-order valence-electron chi connectivity index (χ2n) is 6.22. The molecule has 29 heavy (non-hydrogen) atoms. The summed E-state index contributed by atoms with van der Waals surface area (Å²) in [4.78, 5) is 46.6. The highest BCUT2D eigenvalue weighted by atomic mass is 16.6. The van der Waals surface area contributed by atoms with Gasteiger partial charge in [-0.3, -0.25) is 24.5 Å². The third-order valence-electron chi connectivity index (χ3n) is 4.06. The molecule has 0 fully saturated rings. The Morgan fingerprint density at radius 1 is 1.28 bits per heavy atom. The molecular weight excluding hydrogens is 382 g/mol. The van der Waals surface area contributed by atoms with Crippen LogP contribution in [-0.4, -0.2) is 34.9 Å². The number of non-ortho nitro benzene ring substituents is 1. The number of esters is 1. The molecule has 0 radical (unpaired) electrons. The fourth-order valence-electron chi connectivity index (χ4n) is 2.62. The zero-order valence-corrected chi connectivity index (χ0v) is 15.3. The van der Waals surface area contributed by atoms with E-state index < -0.39 is 34.9 Å². The van der Waals surface area contributed by atoms with E-state index in [4.69, 9.17) is 9.47 Å². The van der Waals surface area contributed by atoms with Crippen LogP contribution in [0.1, 0.15) is 13.3 Å². The number of nitro groups is 1. The van der Waals surface area contributed by atoms with E-state index in [9.17, 15) is 24.5 Å². The molecule has 0 saturated heterocycles. The minimum absolute atomic E-state index is 0.187. The molecule has 2 amide bonds. The number of amides is 2. The Kier molecular flexibility index (Phi) is 5.72. The number of carbonyl (C=O) groups is 3. The Bertz CT molecular complexity index is 976. The third-order valence-corrected chi connectivity index (χ3v) is 4.06. The van der Waals surface area contributed by atoms with Crippen molar-refractivity contribution in [1.82, 2.24) is 0 Å². The predicted molar refractivity (Wildman–Crippen MR) is 101 cm³/mol. The average Bonchev–Trinajstić information content (AvgIpc) is 2.68. The van der Waals surface area contributed by atoms with Gasteiger partial charge in [0.15, 0.2) is 12.2 Å². The van der Waals surface area contributed by atoms with E-state index in [-0.39, 0.29) is 17.8 Å². The van der Waals surface area contributed by atoms with Crippen molar-refractivity contribution < 1.29 is 28.8 Å². The summed E-state index contributed by atoms with van der Waals surface area (Å²) in [6.07, 6.45) is -2.64. The van der Waals surface area contributed by atoms with Gasteiger partial charge in [-0.2, -0.15) is 0 Å². The SMILES string of the molecule is C[C@H](OC(=O)C[C@@H]1Oc2ccccc2NC1=O)C(=O)Nc1cccc([N+](=O)[O-])c1. The van der Waals surface area contributed by atoms with Crippen LogP contribution in [0.5, 0.6) is 5.75 Å². The zero-order chi connectivity index (χ0) is 21.0. The Balaban J connectivity index is 1.55. The van der Waals surface area contributed by atoms with E-state index in [1.54, 1.807) is 24.3 Å². The van der Waals surface area contributed by atoms with Crippen LogP contribution in [0.3, 0.4) is 0 Å². The molecule has 1 heterocycles. The average molecular weight is 399 g/mol. The standard InChI is InChI=1S/C19H17N3O7/c1-11(18(24)20-12-5-4-6-13(9-12)22(26)27)28-17(23)10-16-19(25)21-14-7-2-3-8-15(14)29-16/h2-9,11,16H,10H2,1H3,(H,20,24)(H,21,25)/t11-,16-/m0/s1. The molecule has 2 aromatic carbocycles. The van der Waals surface area contributed by atoms with Crippen molar-refractivity contribution in [2.24, 2.45) is 0 Å². The van der Waals surface area contributed by atoms with Crippen molar-refractivity contribution in [2.45, 2.75) is 25.6 Å². The number of nitrogens with one attached hydrogen (secondary N) is 2. The minimum atomic E-state index is -1.18. The maximum Gasteiger partial charge on any atom is 0.310 e. The summed E-state index contributed by atoms with van der Waals surface area (Å²) in [7, 11) is 0. The highest BCUT2D eigenvalue weighted by Gasteiger charge is 2.31. The second-order valence-corrected chi connectivity index (χ2v) is 6.22. The van der Waals surface area contributed by atoms with Crippen LogP contribution < -0.4 is 15.4 Å². The molecule has 1 aliphatic rings. The number of nitrogens with zero attached hydrogens (tertiary/aromatic N) is 1. The Morgan fingerprint density at radius 3 is 2.79 bits per heavy atom. The van der Waals surface area contributed by atoms with Crippen LogP contribution >= 0.6 is 0 Å². The van der Waals surface area contributed by atoms with Gasteiger partial charge in [0.1, 0.15) is 5.75 Å². The highest BCUT2D eigenvalue weighted by molar-refractivity contribution is 6.00. The Labute approximate surface area is 165 Å². The molecule has 2 atom stereocenters. The number of hydrogen-bond acceptors (Lipinski definition) is 7. The molecule has 0 saturated carbocycles. The van der Waals surface area contributed by atoms with E-state index in [0.29, 0.717) is 11.4 Å². The highest BCUT2D eigenvalue weighted by Crippen LogP contribution is 2.29. The lowest BCUT2D eigenvalue weighted by molar-refractivity contribution is -0.384. The van der Waals surface area contributed by atoms with Gasteiger partial charge in [0.05, 0.1) is 17.0 Å². The lowest BCUT2D eigenvalue weighted by Gasteiger charge is -2.25. The van der Waals surface area contributed by atoms with Gasteiger partial charge in [-0.1, -0.05) is 18.2 Å². The van der Waals surface area contributed by atoms with E-state index in [0.717, 1.165) is 0 Å². The first-order valence-electron chi connectivity index (χ1n) is 8.65. The molecule has 2 N–H and O–H groups in total. The van der Waals surface area contributed by atoms with Gasteiger partial charge in [-0.05, 0) is 25.1 Å².